The van der Waals surface area contributed by atoms with E-state index in [1.165, 1.54) is 19.3 Å². The predicted octanol–water partition coefficient (Wildman–Crippen LogP) is 5.95. The van der Waals surface area contributed by atoms with Crippen LogP contribution in [0.1, 0.15) is 81.0 Å². The Balaban J connectivity index is 1.40. The second-order valence-corrected chi connectivity index (χ2v) is 13.0. The van der Waals surface area contributed by atoms with E-state index in [1.54, 1.807) is 18.2 Å². The number of hydrogen-bond donors (Lipinski definition) is 0. The summed E-state index contributed by atoms with van der Waals surface area (Å²) in [6.07, 6.45) is 10.7. The molecule has 0 radical (unpaired) electrons. The first-order chi connectivity index (χ1) is 14.8. The molecule has 172 valence electrons. The van der Waals surface area contributed by atoms with Gasteiger partial charge >= 0.3 is 0 Å². The van der Waals surface area contributed by atoms with E-state index < -0.39 is 9.84 Å². The maximum absolute atomic E-state index is 12.9. The predicted molar refractivity (Wildman–Crippen MR) is 127 cm³/mol. The average molecular weight is 487 g/mol. The number of likely N-dealkylation sites (tertiary alicyclic amines) is 1. The molecule has 0 amide bonds. The summed E-state index contributed by atoms with van der Waals surface area (Å²) < 4.78 is 25.5. The van der Waals surface area contributed by atoms with Gasteiger partial charge < -0.3 is 0 Å². The quantitative estimate of drug-likeness (QED) is 0.426. The van der Waals surface area contributed by atoms with Crippen molar-refractivity contribution in [2.75, 3.05) is 18.8 Å². The molecule has 0 N–H and O–H groups in total. The van der Waals surface area contributed by atoms with Crippen LogP contribution in [-0.4, -0.2) is 48.7 Å². The third kappa shape index (κ3) is 5.66. The number of benzene rings is 1. The van der Waals surface area contributed by atoms with Crippen LogP contribution in [-0.2, 0) is 9.84 Å². The maximum atomic E-state index is 12.9. The molecule has 0 aromatic heterocycles. The molecule has 2 aliphatic carbocycles. The standard InChI is InChI=1S/C24H33Cl2NO3S/c25-19-6-7-21(22(26)16-19)23(28)8-13-24(11-2-1-3-12-24)27-14-9-20(10-15-27)31(29,30)17-18-4-5-18/h6-7,16,18,20H,1-5,8-15,17H2. The fraction of sp³-hybridized carbons (Fsp3) is 0.708. The van der Waals surface area contributed by atoms with E-state index in [2.05, 4.69) is 4.90 Å². The number of Topliss-reactive ketones (excluding diaryl/α,β-unsaturated/α-hetero) is 1. The van der Waals surface area contributed by atoms with Crippen LogP contribution in [0.4, 0.5) is 0 Å². The van der Waals surface area contributed by atoms with E-state index in [0.717, 1.165) is 58.0 Å². The summed E-state index contributed by atoms with van der Waals surface area (Å²) in [7, 11) is -2.97. The van der Waals surface area contributed by atoms with Crippen LogP contribution < -0.4 is 0 Å². The number of hydrogen-bond acceptors (Lipinski definition) is 4. The van der Waals surface area contributed by atoms with E-state index in [4.69, 9.17) is 23.2 Å². The highest BCUT2D eigenvalue weighted by Gasteiger charge is 2.42. The molecule has 4 rings (SSSR count). The van der Waals surface area contributed by atoms with Gasteiger partial charge in [0, 0.05) is 22.5 Å². The van der Waals surface area contributed by atoms with Crippen LogP contribution in [0.2, 0.25) is 10.0 Å². The van der Waals surface area contributed by atoms with Crippen LogP contribution in [0.15, 0.2) is 18.2 Å². The zero-order valence-corrected chi connectivity index (χ0v) is 20.5. The molecule has 4 nitrogen and oxygen atoms in total. The Morgan fingerprint density at radius 2 is 1.71 bits per heavy atom. The summed E-state index contributed by atoms with van der Waals surface area (Å²) in [6, 6.07) is 5.06. The molecule has 0 bridgehead atoms. The number of piperidine rings is 1. The van der Waals surface area contributed by atoms with Gasteiger partial charge in [0.15, 0.2) is 15.6 Å². The van der Waals surface area contributed by atoms with E-state index in [1.807, 2.05) is 0 Å². The first-order valence-electron chi connectivity index (χ1n) is 11.7. The van der Waals surface area contributed by atoms with Crippen molar-refractivity contribution in [3.8, 4) is 0 Å². The summed E-state index contributed by atoms with van der Waals surface area (Å²) >= 11 is 12.2. The summed E-state index contributed by atoms with van der Waals surface area (Å²) in [5, 5.41) is 0.765. The van der Waals surface area contributed by atoms with Crippen LogP contribution >= 0.6 is 23.2 Å². The van der Waals surface area contributed by atoms with Gasteiger partial charge in [0.2, 0.25) is 0 Å². The van der Waals surface area contributed by atoms with Crippen LogP contribution in [0.3, 0.4) is 0 Å². The lowest BCUT2D eigenvalue weighted by Gasteiger charge is -2.49. The van der Waals surface area contributed by atoms with Crippen molar-refractivity contribution in [3.05, 3.63) is 33.8 Å². The molecule has 1 saturated heterocycles. The maximum Gasteiger partial charge on any atom is 0.164 e. The summed E-state index contributed by atoms with van der Waals surface area (Å²) in [5.41, 5.74) is 0.555. The van der Waals surface area contributed by atoms with Crippen molar-refractivity contribution in [1.29, 1.82) is 0 Å². The van der Waals surface area contributed by atoms with E-state index in [-0.39, 0.29) is 16.6 Å². The van der Waals surface area contributed by atoms with Gasteiger partial charge in [0.1, 0.15) is 0 Å². The summed E-state index contributed by atoms with van der Waals surface area (Å²) in [4.78, 5) is 15.4. The molecule has 0 spiro atoms. The molecule has 1 heterocycles. The molecule has 1 aliphatic heterocycles. The Labute approximate surface area is 196 Å². The lowest BCUT2D eigenvalue weighted by molar-refractivity contribution is 0.0255. The van der Waals surface area contributed by atoms with Gasteiger partial charge in [0.05, 0.1) is 16.0 Å². The topological polar surface area (TPSA) is 54.5 Å². The Hall–Kier alpha value is -0.620. The number of rotatable bonds is 8. The normalized spacial score (nSPS) is 23.0. The third-order valence-electron chi connectivity index (χ3n) is 7.62. The van der Waals surface area contributed by atoms with Crippen molar-refractivity contribution in [2.24, 2.45) is 5.92 Å². The number of ketones is 1. The van der Waals surface area contributed by atoms with Gasteiger partial charge in [-0.15, -0.1) is 0 Å². The Morgan fingerprint density at radius 1 is 1.03 bits per heavy atom. The Morgan fingerprint density at radius 3 is 2.32 bits per heavy atom. The second-order valence-electron chi connectivity index (χ2n) is 9.79. The van der Waals surface area contributed by atoms with Gasteiger partial charge in [-0.3, -0.25) is 9.69 Å². The van der Waals surface area contributed by atoms with Gasteiger partial charge in [-0.25, -0.2) is 8.42 Å². The molecule has 3 fully saturated rings. The highest BCUT2D eigenvalue weighted by Crippen LogP contribution is 2.41. The third-order valence-corrected chi connectivity index (χ3v) is 10.6. The highest BCUT2D eigenvalue weighted by molar-refractivity contribution is 7.92. The molecule has 0 unspecified atom stereocenters. The number of sulfone groups is 1. The van der Waals surface area contributed by atoms with Crippen molar-refractivity contribution in [1.82, 2.24) is 4.90 Å². The molecule has 1 aromatic carbocycles. The summed E-state index contributed by atoms with van der Waals surface area (Å²) in [6.45, 7) is 1.65. The Bertz CT molecular complexity index is 899. The van der Waals surface area contributed by atoms with Gasteiger partial charge in [-0.2, -0.15) is 0 Å². The minimum absolute atomic E-state index is 0.0119. The monoisotopic (exact) mass is 485 g/mol. The lowest BCUT2D eigenvalue weighted by Crippen LogP contribution is -2.54. The Kier molecular flexibility index (Phi) is 7.37. The van der Waals surface area contributed by atoms with Crippen LogP contribution in [0.25, 0.3) is 0 Å². The first-order valence-corrected chi connectivity index (χ1v) is 14.2. The van der Waals surface area contributed by atoms with Crippen molar-refractivity contribution in [3.63, 3.8) is 0 Å². The number of nitrogens with zero attached hydrogens (tertiary/aromatic N) is 1. The lowest BCUT2D eigenvalue weighted by atomic mass is 9.75. The number of carbonyl (C=O) groups is 1. The summed E-state index contributed by atoms with van der Waals surface area (Å²) in [5.74, 6) is 0.867. The second kappa shape index (κ2) is 9.70. The van der Waals surface area contributed by atoms with E-state index in [0.29, 0.717) is 33.7 Å². The zero-order valence-electron chi connectivity index (χ0n) is 18.1. The van der Waals surface area contributed by atoms with Crippen LogP contribution in [0.5, 0.6) is 0 Å². The molecule has 3 aliphatic rings. The molecular formula is C24H33Cl2NO3S. The van der Waals surface area contributed by atoms with Crippen molar-refractivity contribution >= 4 is 38.8 Å². The van der Waals surface area contributed by atoms with Gasteiger partial charge in [-0.05, 0) is 82.2 Å². The molecule has 0 atom stereocenters. The van der Waals surface area contributed by atoms with E-state index >= 15 is 0 Å². The number of halogens is 2. The zero-order chi connectivity index (χ0) is 22.1. The van der Waals surface area contributed by atoms with Crippen molar-refractivity contribution in [2.45, 2.75) is 81.4 Å². The smallest absolute Gasteiger partial charge is 0.164 e. The fourth-order valence-electron chi connectivity index (χ4n) is 5.57. The van der Waals surface area contributed by atoms with Crippen LogP contribution in [0, 0.1) is 5.92 Å². The van der Waals surface area contributed by atoms with Gasteiger partial charge in [-0.1, -0.05) is 42.5 Å². The minimum Gasteiger partial charge on any atom is -0.298 e. The largest absolute Gasteiger partial charge is 0.298 e. The van der Waals surface area contributed by atoms with Gasteiger partial charge in [0.25, 0.3) is 0 Å². The first kappa shape index (κ1) is 23.5. The molecule has 1 aromatic rings. The molecule has 7 heteroatoms. The molecular weight excluding hydrogens is 453 g/mol. The highest BCUT2D eigenvalue weighted by atomic mass is 35.5. The SMILES string of the molecule is O=C(CCC1(N2CCC(S(=O)(=O)CC3CC3)CC2)CCCCC1)c1ccc(Cl)cc1Cl. The van der Waals surface area contributed by atoms with E-state index in [9.17, 15) is 13.2 Å². The minimum atomic E-state index is -2.97. The molecule has 31 heavy (non-hydrogen) atoms. The average Bonchev–Trinajstić information content (AvgIpc) is 3.56. The van der Waals surface area contributed by atoms with Crippen molar-refractivity contribution < 1.29 is 13.2 Å². The number of carbonyl (C=O) groups excluding carboxylic acids is 1. The fourth-order valence-corrected chi connectivity index (χ4v) is 8.27. The molecule has 2 saturated carbocycles.